The van der Waals surface area contributed by atoms with Crippen molar-refractivity contribution in [1.29, 1.82) is 0 Å². The van der Waals surface area contributed by atoms with Crippen LogP contribution >= 0.6 is 15.9 Å². The number of hydrogen-bond acceptors (Lipinski definition) is 6. The molecule has 2 heterocycles. The molecule has 2 fully saturated rings. The van der Waals surface area contributed by atoms with Crippen molar-refractivity contribution in [2.75, 3.05) is 16.8 Å². The first kappa shape index (κ1) is 20.0. The van der Waals surface area contributed by atoms with Gasteiger partial charge in [0.1, 0.15) is 12.1 Å². The molecule has 0 amide bonds. The van der Waals surface area contributed by atoms with Gasteiger partial charge in [-0.25, -0.2) is 14.4 Å². The van der Waals surface area contributed by atoms with Gasteiger partial charge in [-0.2, -0.15) is 0 Å². The van der Waals surface area contributed by atoms with E-state index < -0.39 is 10.7 Å². The summed E-state index contributed by atoms with van der Waals surface area (Å²) in [6.07, 6.45) is 4.31. The van der Waals surface area contributed by atoms with Crippen LogP contribution in [-0.4, -0.2) is 27.5 Å². The predicted octanol–water partition coefficient (Wildman–Crippen LogP) is 5.44. The van der Waals surface area contributed by atoms with Gasteiger partial charge >= 0.3 is 5.69 Å². The molecule has 1 N–H and O–H groups in total. The maximum atomic E-state index is 14.3. The number of halogens is 2. The van der Waals surface area contributed by atoms with Crippen molar-refractivity contribution in [3.63, 3.8) is 0 Å². The maximum Gasteiger partial charge on any atom is 0.353 e. The minimum absolute atomic E-state index is 0.00733. The number of fused-ring (bicyclic) bond motifs is 2. The molecule has 1 saturated carbocycles. The molecule has 2 bridgehead atoms. The molecule has 1 aliphatic heterocycles. The summed E-state index contributed by atoms with van der Waals surface area (Å²) in [7, 11) is 0. The molecule has 1 aromatic carbocycles. The van der Waals surface area contributed by atoms with E-state index in [1.54, 1.807) is 6.07 Å². The summed E-state index contributed by atoms with van der Waals surface area (Å²) in [5.41, 5.74) is 0.171. The third-order valence-electron chi connectivity index (χ3n) is 5.86. The molecule has 9 heteroatoms. The Balaban J connectivity index is 1.74. The van der Waals surface area contributed by atoms with Gasteiger partial charge in [-0.3, -0.25) is 10.1 Å². The Morgan fingerprint density at radius 3 is 2.76 bits per heavy atom. The molecule has 2 atom stereocenters. The molecule has 1 aliphatic carbocycles. The normalized spacial score (nSPS) is 25.1. The van der Waals surface area contributed by atoms with Crippen LogP contribution in [0.2, 0.25) is 0 Å². The van der Waals surface area contributed by atoms with E-state index in [0.717, 1.165) is 19.3 Å². The van der Waals surface area contributed by atoms with Crippen LogP contribution in [-0.2, 0) is 0 Å². The molecular weight excluding hydrogens is 441 g/mol. The van der Waals surface area contributed by atoms with Gasteiger partial charge in [-0.1, -0.05) is 36.7 Å². The van der Waals surface area contributed by atoms with Crippen molar-refractivity contribution < 1.29 is 9.31 Å². The lowest BCUT2D eigenvalue weighted by atomic mass is 9.65. The Morgan fingerprint density at radius 2 is 2.07 bits per heavy atom. The first-order valence-electron chi connectivity index (χ1n) is 9.55. The fourth-order valence-corrected chi connectivity index (χ4v) is 5.60. The van der Waals surface area contributed by atoms with Crippen LogP contribution in [0, 0.1) is 26.8 Å². The van der Waals surface area contributed by atoms with Gasteiger partial charge in [-0.05, 0) is 48.3 Å². The number of rotatable bonds is 4. The SMILES string of the molecule is CC1(C)CC2CC(C)(CN2c2ncnc(Nc3ccc(Br)cc3F)c2[N+](=O)[O-])C1. The number of nitrogens with one attached hydrogen (secondary N) is 1. The lowest BCUT2D eigenvalue weighted by Gasteiger charge is -2.39. The lowest BCUT2D eigenvalue weighted by Crippen LogP contribution is -2.35. The third-order valence-corrected chi connectivity index (χ3v) is 6.35. The van der Waals surface area contributed by atoms with Crippen LogP contribution < -0.4 is 10.2 Å². The van der Waals surface area contributed by atoms with Gasteiger partial charge in [0.15, 0.2) is 0 Å². The van der Waals surface area contributed by atoms with Crippen molar-refractivity contribution in [2.45, 2.75) is 46.1 Å². The van der Waals surface area contributed by atoms with Crippen LogP contribution in [0.4, 0.5) is 27.4 Å². The van der Waals surface area contributed by atoms with Gasteiger partial charge < -0.3 is 10.2 Å². The van der Waals surface area contributed by atoms with E-state index in [1.807, 2.05) is 0 Å². The molecule has 154 valence electrons. The zero-order valence-corrected chi connectivity index (χ0v) is 18.2. The molecular formula is C20H23BrFN5O2. The fraction of sp³-hybridized carbons (Fsp3) is 0.500. The van der Waals surface area contributed by atoms with Crippen LogP contribution in [0.5, 0.6) is 0 Å². The van der Waals surface area contributed by atoms with Crippen LogP contribution in [0.15, 0.2) is 29.0 Å². The first-order valence-corrected chi connectivity index (χ1v) is 10.3. The third kappa shape index (κ3) is 3.80. The topological polar surface area (TPSA) is 84.2 Å². The van der Waals surface area contributed by atoms with E-state index in [-0.39, 0.29) is 34.1 Å². The summed E-state index contributed by atoms with van der Waals surface area (Å²) < 4.78 is 14.8. The highest BCUT2D eigenvalue weighted by molar-refractivity contribution is 9.10. The van der Waals surface area contributed by atoms with Gasteiger partial charge in [0, 0.05) is 17.1 Å². The smallest absolute Gasteiger partial charge is 0.347 e. The average molecular weight is 464 g/mol. The monoisotopic (exact) mass is 463 g/mol. The molecule has 29 heavy (non-hydrogen) atoms. The summed E-state index contributed by atoms with van der Waals surface area (Å²) in [6, 6.07) is 4.65. The van der Waals surface area contributed by atoms with E-state index in [9.17, 15) is 14.5 Å². The fourth-order valence-electron chi connectivity index (χ4n) is 5.27. The highest BCUT2D eigenvalue weighted by Crippen LogP contribution is 2.54. The van der Waals surface area contributed by atoms with Crippen molar-refractivity contribution >= 4 is 38.9 Å². The summed E-state index contributed by atoms with van der Waals surface area (Å²) in [5, 5.41) is 14.8. The minimum atomic E-state index is -0.528. The number of hydrogen-bond donors (Lipinski definition) is 1. The quantitative estimate of drug-likeness (QED) is 0.480. The lowest BCUT2D eigenvalue weighted by molar-refractivity contribution is -0.383. The van der Waals surface area contributed by atoms with Crippen molar-refractivity contribution in [3.05, 3.63) is 44.9 Å². The Labute approximate surface area is 177 Å². The second-order valence-corrected chi connectivity index (χ2v) is 10.2. The van der Waals surface area contributed by atoms with E-state index in [0.29, 0.717) is 16.8 Å². The Morgan fingerprint density at radius 1 is 1.31 bits per heavy atom. The van der Waals surface area contributed by atoms with E-state index in [1.165, 1.54) is 18.5 Å². The van der Waals surface area contributed by atoms with Crippen molar-refractivity contribution in [3.8, 4) is 0 Å². The number of nitro groups is 1. The molecule has 2 aromatic rings. The van der Waals surface area contributed by atoms with Crippen molar-refractivity contribution in [2.24, 2.45) is 10.8 Å². The molecule has 2 aliphatic rings. The first-order chi connectivity index (χ1) is 13.6. The Bertz CT molecular complexity index is 985. The maximum absolute atomic E-state index is 14.3. The van der Waals surface area contributed by atoms with Crippen LogP contribution in [0.25, 0.3) is 0 Å². The molecule has 0 radical (unpaired) electrons. The van der Waals surface area contributed by atoms with E-state index in [4.69, 9.17) is 0 Å². The van der Waals surface area contributed by atoms with Gasteiger partial charge in [-0.15, -0.1) is 0 Å². The minimum Gasteiger partial charge on any atom is -0.347 e. The predicted molar refractivity (Wildman–Crippen MR) is 113 cm³/mol. The molecule has 7 nitrogen and oxygen atoms in total. The summed E-state index contributed by atoms with van der Waals surface area (Å²) in [5.74, 6) is -0.233. The second-order valence-electron chi connectivity index (χ2n) is 9.24. The highest BCUT2D eigenvalue weighted by Gasteiger charge is 2.51. The average Bonchev–Trinajstić information content (AvgIpc) is 2.85. The van der Waals surface area contributed by atoms with Crippen molar-refractivity contribution in [1.82, 2.24) is 9.97 Å². The molecule has 0 spiro atoms. The van der Waals surface area contributed by atoms with Gasteiger partial charge in [0.2, 0.25) is 11.6 Å². The summed E-state index contributed by atoms with van der Waals surface area (Å²) in [6.45, 7) is 7.45. The standard InChI is InChI=1S/C20H23BrFN5O2/c1-19(2)7-13-8-20(3,9-19)10-26(13)18-16(27(28)29)17(23-11-24-18)25-15-5-4-12(21)6-14(15)22/h4-6,11,13H,7-10H2,1-3H3,(H,23,24,25). The zero-order valence-electron chi connectivity index (χ0n) is 16.6. The molecule has 2 unspecified atom stereocenters. The summed E-state index contributed by atoms with van der Waals surface area (Å²) >= 11 is 3.21. The molecule has 1 aromatic heterocycles. The number of benzene rings is 1. The Kier molecular flexibility index (Phi) is 4.76. The summed E-state index contributed by atoms with van der Waals surface area (Å²) in [4.78, 5) is 21.9. The van der Waals surface area contributed by atoms with Gasteiger partial charge in [0.25, 0.3) is 0 Å². The molecule has 1 saturated heterocycles. The number of anilines is 3. The van der Waals surface area contributed by atoms with E-state index >= 15 is 0 Å². The largest absolute Gasteiger partial charge is 0.353 e. The molecule has 4 rings (SSSR count). The number of nitrogens with zero attached hydrogens (tertiary/aromatic N) is 4. The second kappa shape index (κ2) is 6.90. The van der Waals surface area contributed by atoms with Gasteiger partial charge in [0.05, 0.1) is 10.6 Å². The van der Waals surface area contributed by atoms with Crippen LogP contribution in [0.3, 0.4) is 0 Å². The van der Waals surface area contributed by atoms with Crippen LogP contribution in [0.1, 0.15) is 40.0 Å². The Hall–Kier alpha value is -2.29. The van der Waals surface area contributed by atoms with E-state index in [2.05, 4.69) is 56.9 Å². The number of aromatic nitrogens is 2. The zero-order chi connectivity index (χ0) is 21.0. The highest BCUT2D eigenvalue weighted by atomic mass is 79.9.